The maximum absolute atomic E-state index is 12.0. The molecule has 5 heteroatoms. The summed E-state index contributed by atoms with van der Waals surface area (Å²) < 4.78 is 4.95. The Kier molecular flexibility index (Phi) is 7.94. The molecule has 3 nitrogen and oxygen atoms in total. The summed E-state index contributed by atoms with van der Waals surface area (Å²) in [7, 11) is 1.66. The van der Waals surface area contributed by atoms with Crippen LogP contribution in [0, 0.1) is 0 Å². The zero-order valence-electron chi connectivity index (χ0n) is 11.3. The largest absolute Gasteiger partial charge is 0.385 e. The molecular weight excluding hydrogens is 282 g/mol. The minimum Gasteiger partial charge on any atom is -0.385 e. The molecule has 0 heterocycles. The quantitative estimate of drug-likeness (QED) is 0.591. The van der Waals surface area contributed by atoms with Gasteiger partial charge in [-0.15, -0.1) is 11.8 Å². The van der Waals surface area contributed by atoms with E-state index in [-0.39, 0.29) is 11.2 Å². The monoisotopic (exact) mass is 301 g/mol. The van der Waals surface area contributed by atoms with Gasteiger partial charge in [0.05, 0.1) is 5.25 Å². The van der Waals surface area contributed by atoms with Gasteiger partial charge < -0.3 is 10.1 Å². The second kappa shape index (κ2) is 9.23. The molecule has 0 spiro atoms. The van der Waals surface area contributed by atoms with Gasteiger partial charge in [0, 0.05) is 30.2 Å². The number of halogens is 1. The SMILES string of the molecule is CC[C@H](Sc1ccc(Cl)cc1)C(=O)NCCCOC. The molecule has 0 fully saturated rings. The molecule has 0 unspecified atom stereocenters. The predicted octanol–water partition coefficient (Wildman–Crippen LogP) is 3.36. The molecular formula is C14H20ClNO2S. The molecule has 0 radical (unpaired) electrons. The third-order valence-electron chi connectivity index (χ3n) is 2.58. The fraction of sp³-hybridized carbons (Fsp3) is 0.500. The summed E-state index contributed by atoms with van der Waals surface area (Å²) in [5.41, 5.74) is 0. The number of carbonyl (C=O) groups excluding carboxylic acids is 1. The van der Waals surface area contributed by atoms with Crippen molar-refractivity contribution < 1.29 is 9.53 Å². The highest BCUT2D eigenvalue weighted by Crippen LogP contribution is 2.26. The van der Waals surface area contributed by atoms with Crippen LogP contribution in [-0.4, -0.2) is 31.4 Å². The van der Waals surface area contributed by atoms with Gasteiger partial charge in [0.15, 0.2) is 0 Å². The first-order valence-electron chi connectivity index (χ1n) is 6.36. The molecule has 0 aliphatic carbocycles. The van der Waals surface area contributed by atoms with E-state index in [1.54, 1.807) is 18.9 Å². The standard InChI is InChI=1S/C14H20ClNO2S/c1-3-13(14(17)16-9-4-10-18-2)19-12-7-5-11(15)6-8-12/h5-8,13H,3-4,9-10H2,1-2H3,(H,16,17)/t13-/m0/s1. The fourth-order valence-corrected chi connectivity index (χ4v) is 2.65. The van der Waals surface area contributed by atoms with Crippen LogP contribution in [0.3, 0.4) is 0 Å². The van der Waals surface area contributed by atoms with Crippen LogP contribution in [-0.2, 0) is 9.53 Å². The summed E-state index contributed by atoms with van der Waals surface area (Å²) in [6.45, 7) is 3.34. The van der Waals surface area contributed by atoms with Crippen molar-refractivity contribution in [3.05, 3.63) is 29.3 Å². The number of amides is 1. The van der Waals surface area contributed by atoms with E-state index in [9.17, 15) is 4.79 Å². The Morgan fingerprint density at radius 3 is 2.68 bits per heavy atom. The topological polar surface area (TPSA) is 38.3 Å². The number of hydrogen-bond donors (Lipinski definition) is 1. The zero-order chi connectivity index (χ0) is 14.1. The van der Waals surface area contributed by atoms with Crippen molar-refractivity contribution in [3.63, 3.8) is 0 Å². The summed E-state index contributed by atoms with van der Waals surface area (Å²) in [5.74, 6) is 0.0820. The molecule has 0 aliphatic rings. The van der Waals surface area contributed by atoms with Crippen LogP contribution in [0.4, 0.5) is 0 Å². The number of rotatable bonds is 8. The summed E-state index contributed by atoms with van der Waals surface area (Å²) in [5, 5.41) is 3.58. The molecule has 1 rings (SSSR count). The highest BCUT2D eigenvalue weighted by atomic mass is 35.5. The number of thioether (sulfide) groups is 1. The Bertz CT molecular complexity index is 384. The first-order valence-corrected chi connectivity index (χ1v) is 7.62. The molecule has 19 heavy (non-hydrogen) atoms. The van der Waals surface area contributed by atoms with E-state index in [0.29, 0.717) is 18.2 Å². The number of hydrogen-bond acceptors (Lipinski definition) is 3. The van der Waals surface area contributed by atoms with Gasteiger partial charge in [0.1, 0.15) is 0 Å². The van der Waals surface area contributed by atoms with Crippen molar-refractivity contribution in [1.82, 2.24) is 5.32 Å². The summed E-state index contributed by atoms with van der Waals surface area (Å²) >= 11 is 7.41. The molecule has 1 aromatic rings. The maximum Gasteiger partial charge on any atom is 0.233 e. The Balaban J connectivity index is 2.43. The average molecular weight is 302 g/mol. The van der Waals surface area contributed by atoms with Gasteiger partial charge in [-0.2, -0.15) is 0 Å². The van der Waals surface area contributed by atoms with Crippen molar-refractivity contribution >= 4 is 29.3 Å². The lowest BCUT2D eigenvalue weighted by Gasteiger charge is -2.14. The number of methoxy groups -OCH3 is 1. The van der Waals surface area contributed by atoms with Gasteiger partial charge in [-0.05, 0) is 37.1 Å². The molecule has 0 aliphatic heterocycles. The van der Waals surface area contributed by atoms with Gasteiger partial charge in [-0.1, -0.05) is 18.5 Å². The van der Waals surface area contributed by atoms with E-state index < -0.39 is 0 Å². The van der Waals surface area contributed by atoms with Crippen LogP contribution in [0.5, 0.6) is 0 Å². The van der Waals surface area contributed by atoms with Gasteiger partial charge in [0.2, 0.25) is 5.91 Å². The normalized spacial score (nSPS) is 12.2. The first kappa shape index (κ1) is 16.3. The summed E-state index contributed by atoms with van der Waals surface area (Å²) in [6, 6.07) is 7.56. The van der Waals surface area contributed by atoms with Crippen molar-refractivity contribution in [2.75, 3.05) is 20.3 Å². The maximum atomic E-state index is 12.0. The van der Waals surface area contributed by atoms with Gasteiger partial charge in [0.25, 0.3) is 0 Å². The molecule has 106 valence electrons. The minimum absolute atomic E-state index is 0.0660. The predicted molar refractivity (Wildman–Crippen MR) is 80.9 cm³/mol. The Hall–Kier alpha value is -0.710. The second-order valence-corrected chi connectivity index (χ2v) is 5.82. The highest BCUT2D eigenvalue weighted by Gasteiger charge is 2.17. The zero-order valence-corrected chi connectivity index (χ0v) is 12.9. The third-order valence-corrected chi connectivity index (χ3v) is 4.21. The summed E-state index contributed by atoms with van der Waals surface area (Å²) in [6.07, 6.45) is 1.63. The molecule has 0 saturated carbocycles. The Labute approximate surface area is 124 Å². The van der Waals surface area contributed by atoms with E-state index >= 15 is 0 Å². The average Bonchev–Trinajstić information content (AvgIpc) is 2.42. The van der Waals surface area contributed by atoms with Gasteiger partial charge in [-0.3, -0.25) is 4.79 Å². The Morgan fingerprint density at radius 2 is 2.11 bits per heavy atom. The van der Waals surface area contributed by atoms with Gasteiger partial charge >= 0.3 is 0 Å². The lowest BCUT2D eigenvalue weighted by Crippen LogP contribution is -2.33. The lowest BCUT2D eigenvalue weighted by molar-refractivity contribution is -0.120. The molecule has 0 saturated heterocycles. The molecule has 1 amide bonds. The van der Waals surface area contributed by atoms with Crippen LogP contribution in [0.2, 0.25) is 5.02 Å². The van der Waals surface area contributed by atoms with Crippen LogP contribution >= 0.6 is 23.4 Å². The minimum atomic E-state index is -0.0660. The van der Waals surface area contributed by atoms with E-state index in [1.165, 1.54) is 0 Å². The third kappa shape index (κ3) is 6.32. The molecule has 1 aromatic carbocycles. The number of ether oxygens (including phenoxy) is 1. The van der Waals surface area contributed by atoms with E-state index in [2.05, 4.69) is 5.32 Å². The number of carbonyl (C=O) groups is 1. The second-order valence-electron chi connectivity index (χ2n) is 4.11. The van der Waals surface area contributed by atoms with Crippen LogP contribution in [0.15, 0.2) is 29.2 Å². The van der Waals surface area contributed by atoms with Crippen LogP contribution in [0.1, 0.15) is 19.8 Å². The highest BCUT2D eigenvalue weighted by molar-refractivity contribution is 8.00. The summed E-state index contributed by atoms with van der Waals surface area (Å²) in [4.78, 5) is 13.1. The lowest BCUT2D eigenvalue weighted by atomic mass is 10.3. The van der Waals surface area contributed by atoms with E-state index in [4.69, 9.17) is 16.3 Å². The van der Waals surface area contributed by atoms with Crippen molar-refractivity contribution in [2.24, 2.45) is 0 Å². The first-order chi connectivity index (χ1) is 9.17. The number of benzene rings is 1. The number of nitrogens with one attached hydrogen (secondary N) is 1. The van der Waals surface area contributed by atoms with Crippen LogP contribution < -0.4 is 5.32 Å². The smallest absolute Gasteiger partial charge is 0.233 e. The van der Waals surface area contributed by atoms with Crippen molar-refractivity contribution in [2.45, 2.75) is 29.9 Å². The fourth-order valence-electron chi connectivity index (χ4n) is 1.54. The van der Waals surface area contributed by atoms with Gasteiger partial charge in [-0.25, -0.2) is 0 Å². The molecule has 0 bridgehead atoms. The van der Waals surface area contributed by atoms with E-state index in [0.717, 1.165) is 17.7 Å². The molecule has 0 aromatic heterocycles. The van der Waals surface area contributed by atoms with Crippen LogP contribution in [0.25, 0.3) is 0 Å². The molecule has 1 atom stereocenters. The Morgan fingerprint density at radius 1 is 1.42 bits per heavy atom. The molecule has 1 N–H and O–H groups in total. The van der Waals surface area contributed by atoms with Crippen molar-refractivity contribution in [1.29, 1.82) is 0 Å². The van der Waals surface area contributed by atoms with E-state index in [1.807, 2.05) is 31.2 Å². The van der Waals surface area contributed by atoms with Crippen molar-refractivity contribution in [3.8, 4) is 0 Å².